The van der Waals surface area contributed by atoms with Gasteiger partial charge < -0.3 is 5.32 Å². The smallest absolute Gasteiger partial charge is 0.267 e. The van der Waals surface area contributed by atoms with Crippen LogP contribution in [-0.4, -0.2) is 30.3 Å². The van der Waals surface area contributed by atoms with Gasteiger partial charge in [0.2, 0.25) is 5.95 Å². The van der Waals surface area contributed by atoms with E-state index in [2.05, 4.69) is 25.4 Å². The van der Waals surface area contributed by atoms with Crippen LogP contribution in [0.1, 0.15) is 24.8 Å². The molecule has 136 valence electrons. The van der Waals surface area contributed by atoms with E-state index in [1.165, 1.54) is 30.0 Å². The van der Waals surface area contributed by atoms with E-state index in [1.807, 2.05) is 0 Å². The summed E-state index contributed by atoms with van der Waals surface area (Å²) in [5.41, 5.74) is 2.26. The van der Waals surface area contributed by atoms with Crippen LogP contribution in [-0.2, 0) is 6.54 Å². The summed E-state index contributed by atoms with van der Waals surface area (Å²) in [4.78, 5) is 25.0. The van der Waals surface area contributed by atoms with Gasteiger partial charge in [-0.2, -0.15) is 5.10 Å². The largest absolute Gasteiger partial charge is 0.349 e. The number of aromatic nitrogens is 5. The van der Waals surface area contributed by atoms with Crippen molar-refractivity contribution >= 4 is 17.5 Å². The highest BCUT2D eigenvalue weighted by atomic mass is 35.5. The maximum atomic E-state index is 12.2. The van der Waals surface area contributed by atoms with Crippen LogP contribution in [0.25, 0.3) is 11.3 Å². The number of halogens is 1. The zero-order chi connectivity index (χ0) is 18.4. The molecular formula is C19H17ClN6O. The second-order valence-corrected chi connectivity index (χ2v) is 7.84. The van der Waals surface area contributed by atoms with Crippen LogP contribution < -0.4 is 10.9 Å². The Bertz CT molecular complexity index is 1050. The Kier molecular flexibility index (Phi) is 3.72. The Hall–Kier alpha value is -2.80. The van der Waals surface area contributed by atoms with Crippen molar-refractivity contribution in [2.45, 2.75) is 31.3 Å². The number of rotatable bonds is 5. The highest BCUT2D eigenvalue weighted by molar-refractivity contribution is 6.30. The fourth-order valence-corrected chi connectivity index (χ4v) is 4.02. The molecule has 0 amide bonds. The summed E-state index contributed by atoms with van der Waals surface area (Å²) in [6.07, 6.45) is 10.4. The van der Waals surface area contributed by atoms with E-state index < -0.39 is 0 Å². The summed E-state index contributed by atoms with van der Waals surface area (Å²) in [6, 6.07) is 4.94. The molecule has 3 aromatic heterocycles. The molecule has 3 fully saturated rings. The molecule has 3 heterocycles. The number of hydrogen-bond acceptors (Lipinski definition) is 6. The SMILES string of the molecule is O=c1ccc(-c2cnc(NC34CC(C3)C4)nc2)nn1Cc1cncc(Cl)c1. The topological polar surface area (TPSA) is 85.6 Å². The summed E-state index contributed by atoms with van der Waals surface area (Å²) in [6.45, 7) is 0.296. The summed E-state index contributed by atoms with van der Waals surface area (Å²) in [5, 5.41) is 8.41. The van der Waals surface area contributed by atoms with Crippen LogP contribution in [0.2, 0.25) is 5.02 Å². The minimum Gasteiger partial charge on any atom is -0.349 e. The first kappa shape index (κ1) is 16.4. The number of nitrogens with one attached hydrogen (secondary N) is 1. The lowest BCUT2D eigenvalue weighted by molar-refractivity contribution is 0.00146. The quantitative estimate of drug-likeness (QED) is 0.732. The average molecular weight is 381 g/mol. The molecule has 1 N–H and O–H groups in total. The first-order chi connectivity index (χ1) is 13.1. The fraction of sp³-hybridized carbons (Fsp3) is 0.316. The maximum Gasteiger partial charge on any atom is 0.267 e. The first-order valence-electron chi connectivity index (χ1n) is 8.87. The third-order valence-electron chi connectivity index (χ3n) is 5.32. The van der Waals surface area contributed by atoms with Gasteiger partial charge in [0.25, 0.3) is 5.56 Å². The van der Waals surface area contributed by atoms with Crippen molar-refractivity contribution in [1.29, 1.82) is 0 Å². The van der Waals surface area contributed by atoms with Crippen molar-refractivity contribution < 1.29 is 0 Å². The van der Waals surface area contributed by atoms with E-state index >= 15 is 0 Å². The molecule has 0 aromatic carbocycles. The van der Waals surface area contributed by atoms with Gasteiger partial charge in [-0.15, -0.1) is 0 Å². The Morgan fingerprint density at radius 2 is 1.93 bits per heavy atom. The molecule has 7 nitrogen and oxygen atoms in total. The van der Waals surface area contributed by atoms with Gasteiger partial charge in [-0.05, 0) is 42.9 Å². The van der Waals surface area contributed by atoms with E-state index in [0.29, 0.717) is 23.2 Å². The fourth-order valence-electron chi connectivity index (χ4n) is 3.82. The molecule has 0 unspecified atom stereocenters. The standard InChI is InChI=1S/C19H17ClN6O/c20-15-3-12(7-21-10-15)11-26-17(27)2-1-16(25-26)14-8-22-18(23-9-14)24-19-4-13(5-19)6-19/h1-3,7-10,13H,4-6,11H2,(H,22,23,24). The lowest BCUT2D eigenvalue weighted by Gasteiger charge is -2.61. The van der Waals surface area contributed by atoms with E-state index in [9.17, 15) is 4.79 Å². The van der Waals surface area contributed by atoms with Gasteiger partial charge in [0, 0.05) is 42.0 Å². The Morgan fingerprint density at radius 1 is 1.15 bits per heavy atom. The number of anilines is 1. The normalized spacial score (nSPS) is 22.6. The Balaban J connectivity index is 1.37. The molecule has 0 radical (unpaired) electrons. The molecule has 0 saturated heterocycles. The third kappa shape index (κ3) is 3.08. The van der Waals surface area contributed by atoms with E-state index in [4.69, 9.17) is 11.6 Å². The van der Waals surface area contributed by atoms with Gasteiger partial charge in [0.05, 0.1) is 17.3 Å². The summed E-state index contributed by atoms with van der Waals surface area (Å²) in [7, 11) is 0. The highest BCUT2D eigenvalue weighted by Crippen LogP contribution is 2.58. The van der Waals surface area contributed by atoms with Crippen molar-refractivity contribution in [2.24, 2.45) is 5.92 Å². The molecule has 8 heteroatoms. The second kappa shape index (κ2) is 6.13. The molecule has 0 atom stereocenters. The van der Waals surface area contributed by atoms with E-state index in [1.54, 1.807) is 36.9 Å². The highest BCUT2D eigenvalue weighted by Gasteiger charge is 2.56. The van der Waals surface area contributed by atoms with Gasteiger partial charge in [-0.25, -0.2) is 14.6 Å². The van der Waals surface area contributed by atoms with Gasteiger partial charge in [0.1, 0.15) is 0 Å². The molecule has 3 saturated carbocycles. The van der Waals surface area contributed by atoms with Gasteiger partial charge in [-0.1, -0.05) is 11.6 Å². The number of nitrogens with zero attached hydrogens (tertiary/aromatic N) is 5. The van der Waals surface area contributed by atoms with Crippen molar-refractivity contribution in [3.05, 3.63) is 63.9 Å². The van der Waals surface area contributed by atoms with Crippen molar-refractivity contribution in [2.75, 3.05) is 5.32 Å². The van der Waals surface area contributed by atoms with Gasteiger partial charge in [-0.3, -0.25) is 9.78 Å². The van der Waals surface area contributed by atoms with Gasteiger partial charge in [0.15, 0.2) is 0 Å². The molecule has 3 aromatic rings. The monoisotopic (exact) mass is 380 g/mol. The van der Waals surface area contributed by atoms with Crippen molar-refractivity contribution in [1.82, 2.24) is 24.7 Å². The van der Waals surface area contributed by atoms with E-state index in [0.717, 1.165) is 17.0 Å². The molecule has 3 aliphatic rings. The van der Waals surface area contributed by atoms with Crippen LogP contribution in [0.4, 0.5) is 5.95 Å². The summed E-state index contributed by atoms with van der Waals surface area (Å²) >= 11 is 5.96. The van der Waals surface area contributed by atoms with Crippen LogP contribution in [0, 0.1) is 5.92 Å². The zero-order valence-corrected chi connectivity index (χ0v) is 15.2. The van der Waals surface area contributed by atoms with Crippen LogP contribution in [0.15, 0.2) is 47.8 Å². The third-order valence-corrected chi connectivity index (χ3v) is 5.53. The molecule has 0 aliphatic heterocycles. The second-order valence-electron chi connectivity index (χ2n) is 7.40. The van der Waals surface area contributed by atoms with E-state index in [-0.39, 0.29) is 11.1 Å². The van der Waals surface area contributed by atoms with Crippen LogP contribution >= 0.6 is 11.6 Å². The summed E-state index contributed by atoms with van der Waals surface area (Å²) in [5.74, 6) is 1.55. The molecule has 3 aliphatic carbocycles. The average Bonchev–Trinajstić information content (AvgIpc) is 2.60. The van der Waals surface area contributed by atoms with Crippen LogP contribution in [0.5, 0.6) is 0 Å². The predicted octanol–water partition coefficient (Wildman–Crippen LogP) is 2.76. The Morgan fingerprint density at radius 3 is 2.59 bits per heavy atom. The molecule has 2 bridgehead atoms. The first-order valence-corrected chi connectivity index (χ1v) is 9.25. The Labute approximate surface area is 160 Å². The predicted molar refractivity (Wildman–Crippen MR) is 102 cm³/mol. The molecule has 27 heavy (non-hydrogen) atoms. The minimum atomic E-state index is -0.193. The van der Waals surface area contributed by atoms with Crippen LogP contribution in [0.3, 0.4) is 0 Å². The summed E-state index contributed by atoms with van der Waals surface area (Å²) < 4.78 is 1.39. The minimum absolute atomic E-state index is 0.193. The molecule has 0 spiro atoms. The van der Waals surface area contributed by atoms with Gasteiger partial charge >= 0.3 is 0 Å². The molecular weight excluding hydrogens is 364 g/mol. The number of hydrogen-bond donors (Lipinski definition) is 1. The van der Waals surface area contributed by atoms with Crippen molar-refractivity contribution in [3.63, 3.8) is 0 Å². The number of pyridine rings is 1. The lowest BCUT2D eigenvalue weighted by Crippen LogP contribution is -2.63. The zero-order valence-electron chi connectivity index (χ0n) is 14.5. The lowest BCUT2D eigenvalue weighted by atomic mass is 9.50. The maximum absolute atomic E-state index is 12.2. The molecule has 6 rings (SSSR count). The van der Waals surface area contributed by atoms with Crippen molar-refractivity contribution in [3.8, 4) is 11.3 Å².